The second-order valence-corrected chi connectivity index (χ2v) is 6.26. The monoisotopic (exact) mass is 300 g/mol. The molecule has 2 aromatic rings. The Kier molecular flexibility index (Phi) is 3.24. The van der Waals surface area contributed by atoms with Crippen molar-refractivity contribution in [3.8, 4) is 0 Å². The van der Waals surface area contributed by atoms with Crippen LogP contribution in [0.25, 0.3) is 0 Å². The van der Waals surface area contributed by atoms with Gasteiger partial charge in [-0.3, -0.25) is 9.89 Å². The summed E-state index contributed by atoms with van der Waals surface area (Å²) in [6.45, 7) is 2.64. The molecule has 22 heavy (non-hydrogen) atoms. The van der Waals surface area contributed by atoms with Gasteiger partial charge in [-0.25, -0.2) is 4.98 Å². The van der Waals surface area contributed by atoms with E-state index in [9.17, 15) is 4.79 Å². The highest BCUT2D eigenvalue weighted by Crippen LogP contribution is 2.43. The fourth-order valence-electron chi connectivity index (χ4n) is 3.27. The largest absolute Gasteiger partial charge is 0.468 e. The molecule has 0 aromatic carbocycles. The van der Waals surface area contributed by atoms with E-state index in [0.29, 0.717) is 5.92 Å². The Bertz CT molecular complexity index is 686. The first-order valence-electron chi connectivity index (χ1n) is 8.01. The first-order valence-corrected chi connectivity index (χ1v) is 8.01. The molecule has 116 valence electrons. The molecule has 1 aliphatic carbocycles. The molecule has 1 saturated carbocycles. The second kappa shape index (κ2) is 5.26. The first-order chi connectivity index (χ1) is 10.7. The maximum absolute atomic E-state index is 13.0. The van der Waals surface area contributed by atoms with Crippen molar-refractivity contribution in [2.24, 2.45) is 0 Å². The predicted octanol–water partition coefficient (Wildman–Crippen LogP) is 2.95. The highest BCUT2D eigenvalue weighted by atomic mass is 16.3. The Morgan fingerprint density at radius 1 is 1.36 bits per heavy atom. The highest BCUT2D eigenvalue weighted by Gasteiger charge is 2.36. The summed E-state index contributed by atoms with van der Waals surface area (Å²) in [5.74, 6) is 2.86. The van der Waals surface area contributed by atoms with Crippen LogP contribution in [0.4, 0.5) is 0 Å². The number of aryl methyl sites for hydroxylation is 1. The van der Waals surface area contributed by atoms with Crippen LogP contribution in [0.1, 0.15) is 71.8 Å². The van der Waals surface area contributed by atoms with E-state index in [-0.39, 0.29) is 11.9 Å². The quantitative estimate of drug-likeness (QED) is 0.945. The van der Waals surface area contributed by atoms with Crippen LogP contribution in [-0.4, -0.2) is 32.5 Å². The van der Waals surface area contributed by atoms with Gasteiger partial charge in [0.25, 0.3) is 5.91 Å². The van der Waals surface area contributed by atoms with Crippen LogP contribution in [0.5, 0.6) is 0 Å². The molecule has 0 radical (unpaired) electrons. The van der Waals surface area contributed by atoms with Gasteiger partial charge >= 0.3 is 0 Å². The minimum absolute atomic E-state index is 0.0341. The third kappa shape index (κ3) is 2.32. The van der Waals surface area contributed by atoms with E-state index in [0.717, 1.165) is 61.6 Å². The van der Waals surface area contributed by atoms with Gasteiger partial charge in [-0.2, -0.15) is 5.10 Å². The third-order valence-corrected chi connectivity index (χ3v) is 4.55. The van der Waals surface area contributed by atoms with Crippen molar-refractivity contribution < 1.29 is 9.21 Å². The van der Waals surface area contributed by atoms with Crippen LogP contribution < -0.4 is 0 Å². The molecule has 1 saturated heterocycles. The molecule has 1 unspecified atom stereocenters. The number of amides is 1. The lowest BCUT2D eigenvalue weighted by Crippen LogP contribution is -2.39. The molecule has 1 atom stereocenters. The SMILES string of the molecule is Cc1nc(C2CCCCN2C(=O)c2ccoc2C2CC2)n[nH]1. The number of rotatable bonds is 3. The van der Waals surface area contributed by atoms with Crippen molar-refractivity contribution in [3.63, 3.8) is 0 Å². The van der Waals surface area contributed by atoms with Gasteiger partial charge in [0.1, 0.15) is 11.6 Å². The van der Waals surface area contributed by atoms with E-state index >= 15 is 0 Å². The Hall–Kier alpha value is -2.11. The van der Waals surface area contributed by atoms with Crippen LogP contribution in [0, 0.1) is 6.92 Å². The summed E-state index contributed by atoms with van der Waals surface area (Å²) in [7, 11) is 0. The number of hydrogen-bond acceptors (Lipinski definition) is 4. The summed E-state index contributed by atoms with van der Waals surface area (Å²) in [5.41, 5.74) is 0.724. The lowest BCUT2D eigenvalue weighted by atomic mass is 10.00. The summed E-state index contributed by atoms with van der Waals surface area (Å²) in [4.78, 5) is 19.4. The second-order valence-electron chi connectivity index (χ2n) is 6.26. The summed E-state index contributed by atoms with van der Waals surface area (Å²) in [5, 5.41) is 7.15. The van der Waals surface area contributed by atoms with Crippen molar-refractivity contribution in [1.82, 2.24) is 20.1 Å². The number of carbonyl (C=O) groups is 1. The number of H-pyrrole nitrogens is 1. The summed E-state index contributed by atoms with van der Waals surface area (Å²) in [6.07, 6.45) is 6.93. The zero-order chi connectivity index (χ0) is 15.1. The predicted molar refractivity (Wildman–Crippen MR) is 79.4 cm³/mol. The number of likely N-dealkylation sites (tertiary alicyclic amines) is 1. The van der Waals surface area contributed by atoms with Crippen LogP contribution in [0.3, 0.4) is 0 Å². The highest BCUT2D eigenvalue weighted by molar-refractivity contribution is 5.95. The molecule has 1 amide bonds. The third-order valence-electron chi connectivity index (χ3n) is 4.55. The summed E-state index contributed by atoms with van der Waals surface area (Å²) in [6, 6.07) is 1.78. The molecule has 2 fully saturated rings. The van der Waals surface area contributed by atoms with Crippen molar-refractivity contribution in [2.45, 2.75) is 51.0 Å². The smallest absolute Gasteiger partial charge is 0.258 e. The molecule has 6 nitrogen and oxygen atoms in total. The van der Waals surface area contributed by atoms with Gasteiger partial charge in [-0.05, 0) is 45.1 Å². The molecule has 2 aliphatic rings. The lowest BCUT2D eigenvalue weighted by Gasteiger charge is -2.34. The first kappa shape index (κ1) is 13.5. The molecular formula is C16H20N4O2. The van der Waals surface area contributed by atoms with Crippen LogP contribution in [0.2, 0.25) is 0 Å². The average molecular weight is 300 g/mol. The molecule has 6 heteroatoms. The van der Waals surface area contributed by atoms with E-state index in [1.165, 1.54) is 0 Å². The van der Waals surface area contributed by atoms with Crippen molar-refractivity contribution in [1.29, 1.82) is 0 Å². The van der Waals surface area contributed by atoms with Crippen molar-refractivity contribution in [3.05, 3.63) is 35.3 Å². The van der Waals surface area contributed by atoms with Crippen LogP contribution >= 0.6 is 0 Å². The van der Waals surface area contributed by atoms with Gasteiger partial charge in [-0.1, -0.05) is 0 Å². The molecule has 0 bridgehead atoms. The Balaban J connectivity index is 1.63. The van der Waals surface area contributed by atoms with Gasteiger partial charge < -0.3 is 9.32 Å². The van der Waals surface area contributed by atoms with Crippen LogP contribution in [-0.2, 0) is 0 Å². The summed E-state index contributed by atoms with van der Waals surface area (Å²) >= 11 is 0. The summed E-state index contributed by atoms with van der Waals surface area (Å²) < 4.78 is 5.56. The van der Waals surface area contributed by atoms with Crippen molar-refractivity contribution in [2.75, 3.05) is 6.54 Å². The standard InChI is InChI=1S/C16H20N4O2/c1-10-17-15(19-18-10)13-4-2-3-8-20(13)16(21)12-7-9-22-14(12)11-5-6-11/h7,9,11,13H,2-6,8H2,1H3,(H,17,18,19). The molecule has 2 aromatic heterocycles. The van der Waals surface area contributed by atoms with Gasteiger partial charge in [0.05, 0.1) is 17.9 Å². The fourth-order valence-corrected chi connectivity index (χ4v) is 3.27. The number of nitrogens with zero attached hydrogens (tertiary/aromatic N) is 3. The Labute approximate surface area is 128 Å². The molecule has 1 N–H and O–H groups in total. The number of piperidine rings is 1. The van der Waals surface area contributed by atoms with Crippen LogP contribution in [0.15, 0.2) is 16.7 Å². The van der Waals surface area contributed by atoms with E-state index in [1.54, 1.807) is 6.26 Å². The number of carbonyl (C=O) groups excluding carboxylic acids is 1. The maximum Gasteiger partial charge on any atom is 0.258 e. The van der Waals surface area contributed by atoms with E-state index in [2.05, 4.69) is 15.2 Å². The van der Waals surface area contributed by atoms with Crippen molar-refractivity contribution >= 4 is 5.91 Å². The van der Waals surface area contributed by atoms with E-state index in [4.69, 9.17) is 4.42 Å². The number of nitrogens with one attached hydrogen (secondary N) is 1. The zero-order valence-electron chi connectivity index (χ0n) is 12.7. The molecule has 4 rings (SSSR count). The zero-order valence-corrected chi connectivity index (χ0v) is 12.7. The number of aromatic nitrogens is 3. The average Bonchev–Trinajstić information content (AvgIpc) is 3.10. The Morgan fingerprint density at radius 3 is 2.95 bits per heavy atom. The van der Waals surface area contributed by atoms with Gasteiger partial charge in [0, 0.05) is 12.5 Å². The number of furan rings is 1. The lowest BCUT2D eigenvalue weighted by molar-refractivity contribution is 0.0598. The maximum atomic E-state index is 13.0. The molecule has 3 heterocycles. The number of hydrogen-bond donors (Lipinski definition) is 1. The van der Waals surface area contributed by atoms with Gasteiger partial charge in [-0.15, -0.1) is 0 Å². The fraction of sp³-hybridized carbons (Fsp3) is 0.562. The topological polar surface area (TPSA) is 75.0 Å². The molecule has 0 spiro atoms. The molecular weight excluding hydrogens is 280 g/mol. The molecule has 1 aliphatic heterocycles. The minimum Gasteiger partial charge on any atom is -0.468 e. The van der Waals surface area contributed by atoms with Gasteiger partial charge in [0.15, 0.2) is 5.82 Å². The minimum atomic E-state index is -0.0341. The normalized spacial score (nSPS) is 22.0. The van der Waals surface area contributed by atoms with Gasteiger partial charge in [0.2, 0.25) is 0 Å². The van der Waals surface area contributed by atoms with E-state index in [1.807, 2.05) is 17.9 Å². The number of aromatic amines is 1. The van der Waals surface area contributed by atoms with E-state index < -0.39 is 0 Å². The Morgan fingerprint density at radius 2 is 2.23 bits per heavy atom.